The first-order chi connectivity index (χ1) is 10.2. The predicted octanol–water partition coefficient (Wildman–Crippen LogP) is 2.87. The molecule has 0 radical (unpaired) electrons. The Hall–Kier alpha value is -1.53. The van der Waals surface area contributed by atoms with Crippen LogP contribution in [-0.4, -0.2) is 23.0 Å². The molecule has 2 heterocycles. The Morgan fingerprint density at radius 3 is 2.86 bits per heavy atom. The summed E-state index contributed by atoms with van der Waals surface area (Å²) in [6, 6.07) is 5.59. The maximum Gasteiger partial charge on any atom is 0.161 e. The number of nitrogens with two attached hydrogens (primary N) is 1. The maximum atomic E-state index is 6.44. The molecule has 0 fully saturated rings. The zero-order valence-electron chi connectivity index (χ0n) is 11.9. The van der Waals surface area contributed by atoms with Gasteiger partial charge in [0, 0.05) is 6.54 Å². The lowest BCUT2D eigenvalue weighted by atomic mass is 10.0. The fourth-order valence-electron chi connectivity index (χ4n) is 2.48. The van der Waals surface area contributed by atoms with Gasteiger partial charge in [-0.1, -0.05) is 13.0 Å². The number of hydrogen-bond acceptors (Lipinski definition) is 4. The van der Waals surface area contributed by atoms with Gasteiger partial charge in [0.25, 0.3) is 0 Å². The molecule has 112 valence electrons. The fraction of sp³-hybridized carbons (Fsp3) is 0.400. The molecule has 0 bridgehead atoms. The number of aryl methyl sites for hydroxylation is 1. The van der Waals surface area contributed by atoms with E-state index in [1.165, 1.54) is 0 Å². The van der Waals surface area contributed by atoms with Gasteiger partial charge in [0.05, 0.1) is 22.4 Å². The summed E-state index contributed by atoms with van der Waals surface area (Å²) >= 11 is 3.54. The third-order valence-corrected chi connectivity index (χ3v) is 4.10. The summed E-state index contributed by atoms with van der Waals surface area (Å²) < 4.78 is 14.0. The number of fused-ring (bicyclic) bond motifs is 1. The van der Waals surface area contributed by atoms with E-state index in [2.05, 4.69) is 28.0 Å². The van der Waals surface area contributed by atoms with E-state index in [1.807, 2.05) is 22.9 Å². The van der Waals surface area contributed by atoms with Crippen LogP contribution in [0.25, 0.3) is 0 Å². The highest BCUT2D eigenvalue weighted by atomic mass is 79.9. The van der Waals surface area contributed by atoms with Gasteiger partial charge in [-0.2, -0.15) is 5.10 Å². The largest absolute Gasteiger partial charge is 0.486 e. The Morgan fingerprint density at radius 2 is 2.10 bits per heavy atom. The first-order valence-electron chi connectivity index (χ1n) is 7.07. The molecular formula is C15H18BrN3O2. The topological polar surface area (TPSA) is 62.3 Å². The van der Waals surface area contributed by atoms with E-state index < -0.39 is 0 Å². The van der Waals surface area contributed by atoms with Gasteiger partial charge in [-0.15, -0.1) is 0 Å². The van der Waals surface area contributed by atoms with E-state index in [0.717, 1.165) is 40.2 Å². The van der Waals surface area contributed by atoms with Crippen molar-refractivity contribution in [2.75, 3.05) is 13.2 Å². The minimum atomic E-state index is -0.260. The molecule has 1 aliphatic rings. The van der Waals surface area contributed by atoms with Crippen molar-refractivity contribution < 1.29 is 9.47 Å². The van der Waals surface area contributed by atoms with Crippen molar-refractivity contribution in [1.82, 2.24) is 9.78 Å². The van der Waals surface area contributed by atoms with Crippen LogP contribution < -0.4 is 15.2 Å². The molecule has 5 nitrogen and oxygen atoms in total. The van der Waals surface area contributed by atoms with Crippen LogP contribution in [0.2, 0.25) is 0 Å². The monoisotopic (exact) mass is 351 g/mol. The molecule has 0 amide bonds. The van der Waals surface area contributed by atoms with Crippen LogP contribution in [0, 0.1) is 0 Å². The lowest BCUT2D eigenvalue weighted by Crippen LogP contribution is -2.19. The van der Waals surface area contributed by atoms with Gasteiger partial charge >= 0.3 is 0 Å². The molecule has 0 spiro atoms. The van der Waals surface area contributed by atoms with Crippen molar-refractivity contribution in [2.24, 2.45) is 5.73 Å². The lowest BCUT2D eigenvalue weighted by Gasteiger charge is -2.21. The van der Waals surface area contributed by atoms with Gasteiger partial charge in [0.1, 0.15) is 13.2 Å². The highest BCUT2D eigenvalue weighted by molar-refractivity contribution is 9.10. The number of rotatable bonds is 4. The molecule has 1 atom stereocenters. The Bertz CT molecular complexity index is 642. The first kappa shape index (κ1) is 14.4. The van der Waals surface area contributed by atoms with Crippen molar-refractivity contribution in [3.63, 3.8) is 0 Å². The predicted molar refractivity (Wildman–Crippen MR) is 83.7 cm³/mol. The first-order valence-corrected chi connectivity index (χ1v) is 7.86. The van der Waals surface area contributed by atoms with Crippen molar-refractivity contribution in [2.45, 2.75) is 25.9 Å². The van der Waals surface area contributed by atoms with Gasteiger partial charge < -0.3 is 15.2 Å². The molecule has 3 rings (SSSR count). The summed E-state index contributed by atoms with van der Waals surface area (Å²) in [4.78, 5) is 0. The van der Waals surface area contributed by atoms with E-state index in [9.17, 15) is 0 Å². The number of hydrogen-bond donors (Lipinski definition) is 1. The Labute approximate surface area is 132 Å². The van der Waals surface area contributed by atoms with Gasteiger partial charge in [-0.25, -0.2) is 0 Å². The fourth-order valence-corrected chi connectivity index (χ4v) is 3.03. The van der Waals surface area contributed by atoms with Gasteiger partial charge in [0.15, 0.2) is 11.5 Å². The molecule has 21 heavy (non-hydrogen) atoms. The second-order valence-corrected chi connectivity index (χ2v) is 5.84. The van der Waals surface area contributed by atoms with E-state index in [4.69, 9.17) is 15.2 Å². The molecule has 1 aromatic carbocycles. The number of benzene rings is 1. The Kier molecular flexibility index (Phi) is 4.17. The summed E-state index contributed by atoms with van der Waals surface area (Å²) in [6.45, 7) is 4.13. The molecular weight excluding hydrogens is 334 g/mol. The molecule has 0 saturated heterocycles. The molecule has 0 saturated carbocycles. The van der Waals surface area contributed by atoms with E-state index in [-0.39, 0.29) is 6.04 Å². The molecule has 1 unspecified atom stereocenters. The SMILES string of the molecule is CCCn1ncc(Br)c1C(N)c1ccc2c(c1)OCCO2. The molecule has 1 aromatic heterocycles. The third kappa shape index (κ3) is 2.78. The van der Waals surface area contributed by atoms with Gasteiger partial charge in [-0.3, -0.25) is 4.68 Å². The van der Waals surface area contributed by atoms with E-state index >= 15 is 0 Å². The van der Waals surface area contributed by atoms with Crippen LogP contribution in [0.4, 0.5) is 0 Å². The maximum absolute atomic E-state index is 6.44. The number of ether oxygens (including phenoxy) is 2. The van der Waals surface area contributed by atoms with Crippen molar-refractivity contribution in [1.29, 1.82) is 0 Å². The van der Waals surface area contributed by atoms with E-state index in [0.29, 0.717) is 13.2 Å². The highest BCUT2D eigenvalue weighted by Gasteiger charge is 2.20. The van der Waals surface area contributed by atoms with Crippen LogP contribution in [0.1, 0.15) is 30.6 Å². The van der Waals surface area contributed by atoms with Crippen molar-refractivity contribution in [3.05, 3.63) is 40.1 Å². The number of aromatic nitrogens is 2. The van der Waals surface area contributed by atoms with Crippen LogP contribution >= 0.6 is 15.9 Å². The lowest BCUT2D eigenvalue weighted by molar-refractivity contribution is 0.171. The average Bonchev–Trinajstić information content (AvgIpc) is 2.87. The summed E-state index contributed by atoms with van der Waals surface area (Å²) in [5, 5.41) is 4.37. The second-order valence-electron chi connectivity index (χ2n) is 4.98. The van der Waals surface area contributed by atoms with Crippen molar-refractivity contribution >= 4 is 15.9 Å². The standard InChI is InChI=1S/C15H18BrN3O2/c1-2-5-19-15(11(16)9-18-19)14(17)10-3-4-12-13(8-10)21-7-6-20-12/h3-4,8-9,14H,2,5-7,17H2,1H3. The Balaban J connectivity index is 1.95. The van der Waals surface area contributed by atoms with Crippen LogP contribution in [0.3, 0.4) is 0 Å². The smallest absolute Gasteiger partial charge is 0.161 e. The minimum Gasteiger partial charge on any atom is -0.486 e. The highest BCUT2D eigenvalue weighted by Crippen LogP contribution is 2.35. The summed E-state index contributed by atoms with van der Waals surface area (Å²) in [7, 11) is 0. The molecule has 6 heteroatoms. The normalized spacial score (nSPS) is 15.0. The minimum absolute atomic E-state index is 0.260. The van der Waals surface area contributed by atoms with Gasteiger partial charge in [-0.05, 0) is 40.0 Å². The molecule has 2 N–H and O–H groups in total. The average molecular weight is 352 g/mol. The molecule has 2 aromatic rings. The quantitative estimate of drug-likeness (QED) is 0.919. The van der Waals surface area contributed by atoms with Crippen LogP contribution in [-0.2, 0) is 6.54 Å². The number of nitrogens with zero attached hydrogens (tertiary/aromatic N) is 2. The summed E-state index contributed by atoms with van der Waals surface area (Å²) in [5.41, 5.74) is 8.40. The zero-order valence-corrected chi connectivity index (χ0v) is 13.5. The Morgan fingerprint density at radius 1 is 1.33 bits per heavy atom. The molecule has 0 aliphatic carbocycles. The summed E-state index contributed by atoms with van der Waals surface area (Å²) in [6.07, 6.45) is 2.80. The van der Waals surface area contributed by atoms with Crippen LogP contribution in [0.15, 0.2) is 28.9 Å². The third-order valence-electron chi connectivity index (χ3n) is 3.49. The summed E-state index contributed by atoms with van der Waals surface area (Å²) in [5.74, 6) is 1.53. The zero-order chi connectivity index (χ0) is 14.8. The van der Waals surface area contributed by atoms with Gasteiger partial charge in [0.2, 0.25) is 0 Å². The number of halogens is 1. The van der Waals surface area contributed by atoms with Crippen LogP contribution in [0.5, 0.6) is 11.5 Å². The van der Waals surface area contributed by atoms with E-state index in [1.54, 1.807) is 6.20 Å². The van der Waals surface area contributed by atoms with Crippen molar-refractivity contribution in [3.8, 4) is 11.5 Å². The molecule has 1 aliphatic heterocycles. The second kappa shape index (κ2) is 6.07.